The molecule has 1 N–H and O–H groups in total. The SMILES string of the molecule is CCCOCCOCC(F)(F)Oc1ccccc1C(=O)c1ccc(C(=O)O)cc1. The molecule has 0 atom stereocenters. The number of benzene rings is 2. The van der Waals surface area contributed by atoms with Crippen molar-refractivity contribution in [3.8, 4) is 5.75 Å². The molecule has 0 fully saturated rings. The molecule has 0 amide bonds. The van der Waals surface area contributed by atoms with Crippen molar-refractivity contribution >= 4 is 11.8 Å². The maximum atomic E-state index is 14.1. The predicted octanol–water partition coefficient (Wildman–Crippen LogP) is 4.03. The highest BCUT2D eigenvalue weighted by Gasteiger charge is 2.33. The molecular weight excluding hydrogens is 386 g/mol. The smallest absolute Gasteiger partial charge is 0.421 e. The molecule has 0 unspecified atom stereocenters. The zero-order valence-electron chi connectivity index (χ0n) is 15.9. The number of hydrogen-bond donors (Lipinski definition) is 1. The number of carboxylic acids is 1. The van der Waals surface area contributed by atoms with E-state index in [4.69, 9.17) is 19.3 Å². The summed E-state index contributed by atoms with van der Waals surface area (Å²) in [6, 6.07) is 10.8. The van der Waals surface area contributed by atoms with E-state index in [0.717, 1.165) is 6.42 Å². The van der Waals surface area contributed by atoms with Crippen LogP contribution in [0.1, 0.15) is 39.6 Å². The third-order valence-corrected chi connectivity index (χ3v) is 3.78. The van der Waals surface area contributed by atoms with E-state index < -0.39 is 24.5 Å². The third kappa shape index (κ3) is 6.92. The summed E-state index contributed by atoms with van der Waals surface area (Å²) in [5.41, 5.74) is 0.0953. The number of para-hydroxylation sites is 1. The van der Waals surface area contributed by atoms with Gasteiger partial charge in [-0.15, -0.1) is 0 Å². The topological polar surface area (TPSA) is 82.1 Å². The van der Waals surface area contributed by atoms with E-state index in [2.05, 4.69) is 0 Å². The van der Waals surface area contributed by atoms with E-state index >= 15 is 0 Å². The van der Waals surface area contributed by atoms with Crippen LogP contribution in [0, 0.1) is 0 Å². The summed E-state index contributed by atoms with van der Waals surface area (Å²) in [7, 11) is 0. The number of carboxylic acid groups (broad SMARTS) is 1. The average molecular weight is 408 g/mol. The highest BCUT2D eigenvalue weighted by molar-refractivity contribution is 6.11. The molecule has 0 aliphatic heterocycles. The largest absolute Gasteiger partial charge is 0.478 e. The molecule has 0 aliphatic carbocycles. The predicted molar refractivity (Wildman–Crippen MR) is 101 cm³/mol. The van der Waals surface area contributed by atoms with Gasteiger partial charge in [-0.25, -0.2) is 4.79 Å². The Morgan fingerprint density at radius 2 is 1.55 bits per heavy atom. The fourth-order valence-electron chi connectivity index (χ4n) is 2.41. The highest BCUT2D eigenvalue weighted by Crippen LogP contribution is 2.27. The first kappa shape index (κ1) is 22.4. The Labute approximate surface area is 167 Å². The van der Waals surface area contributed by atoms with Crippen LogP contribution in [-0.4, -0.2) is 49.4 Å². The van der Waals surface area contributed by atoms with Gasteiger partial charge in [-0.05, 0) is 30.7 Å². The van der Waals surface area contributed by atoms with Gasteiger partial charge in [0, 0.05) is 12.2 Å². The minimum atomic E-state index is -3.64. The van der Waals surface area contributed by atoms with Gasteiger partial charge < -0.3 is 19.3 Å². The number of hydrogen-bond acceptors (Lipinski definition) is 5. The Kier molecular flexibility index (Phi) is 8.23. The molecule has 0 saturated carbocycles. The number of ether oxygens (including phenoxy) is 3. The number of rotatable bonds is 12. The number of alkyl halides is 2. The summed E-state index contributed by atoms with van der Waals surface area (Å²) in [5.74, 6) is -2.00. The first-order chi connectivity index (χ1) is 13.8. The fourth-order valence-corrected chi connectivity index (χ4v) is 2.41. The van der Waals surface area contributed by atoms with Crippen LogP contribution in [0.25, 0.3) is 0 Å². The average Bonchev–Trinajstić information content (AvgIpc) is 2.70. The first-order valence-electron chi connectivity index (χ1n) is 9.03. The Bertz CT molecular complexity index is 820. The van der Waals surface area contributed by atoms with Gasteiger partial charge in [0.15, 0.2) is 12.4 Å². The Morgan fingerprint density at radius 3 is 2.21 bits per heavy atom. The van der Waals surface area contributed by atoms with Crippen LogP contribution in [0.5, 0.6) is 5.75 Å². The molecule has 0 saturated heterocycles. The molecule has 2 rings (SSSR count). The molecule has 29 heavy (non-hydrogen) atoms. The second-order valence-corrected chi connectivity index (χ2v) is 6.11. The van der Waals surface area contributed by atoms with Crippen LogP contribution in [0.3, 0.4) is 0 Å². The number of aromatic carboxylic acids is 1. The molecular formula is C21H22F2O6. The normalized spacial score (nSPS) is 11.3. The van der Waals surface area contributed by atoms with Crippen LogP contribution in [-0.2, 0) is 9.47 Å². The maximum Gasteiger partial charge on any atom is 0.421 e. The van der Waals surface area contributed by atoms with E-state index in [1.807, 2.05) is 6.92 Å². The Morgan fingerprint density at radius 1 is 0.931 bits per heavy atom. The van der Waals surface area contributed by atoms with Crippen LogP contribution in [0.2, 0.25) is 0 Å². The number of carbonyl (C=O) groups excluding carboxylic acids is 1. The molecule has 0 radical (unpaired) electrons. The summed E-state index contributed by atoms with van der Waals surface area (Å²) in [6.07, 6.45) is -2.82. The van der Waals surface area contributed by atoms with Crippen LogP contribution in [0.15, 0.2) is 48.5 Å². The van der Waals surface area contributed by atoms with E-state index in [1.165, 1.54) is 48.5 Å². The summed E-state index contributed by atoms with van der Waals surface area (Å²) in [5, 5.41) is 8.93. The lowest BCUT2D eigenvalue weighted by Gasteiger charge is -2.19. The summed E-state index contributed by atoms with van der Waals surface area (Å²) in [6.45, 7) is 1.67. The maximum absolute atomic E-state index is 14.1. The number of ketones is 1. The molecule has 0 aliphatic rings. The number of halogens is 2. The van der Waals surface area contributed by atoms with Crippen molar-refractivity contribution < 1.29 is 37.7 Å². The molecule has 6 nitrogen and oxygen atoms in total. The lowest BCUT2D eigenvalue weighted by molar-refractivity contribution is -0.213. The Hall–Kier alpha value is -2.84. The minimum absolute atomic E-state index is 0.00451. The van der Waals surface area contributed by atoms with Crippen molar-refractivity contribution in [3.63, 3.8) is 0 Å². The van der Waals surface area contributed by atoms with Gasteiger partial charge in [0.1, 0.15) is 5.75 Å². The molecule has 156 valence electrons. The summed E-state index contributed by atoms with van der Waals surface area (Å²) in [4.78, 5) is 23.6. The van der Waals surface area contributed by atoms with Crippen molar-refractivity contribution in [2.24, 2.45) is 0 Å². The van der Waals surface area contributed by atoms with E-state index in [0.29, 0.717) is 6.61 Å². The van der Waals surface area contributed by atoms with Crippen molar-refractivity contribution in [3.05, 3.63) is 65.2 Å². The zero-order chi connectivity index (χ0) is 21.3. The quantitative estimate of drug-likeness (QED) is 0.422. The molecule has 2 aromatic carbocycles. The zero-order valence-corrected chi connectivity index (χ0v) is 15.9. The molecule has 0 aromatic heterocycles. The van der Waals surface area contributed by atoms with Gasteiger partial charge in [0.05, 0.1) is 24.3 Å². The van der Waals surface area contributed by atoms with Crippen molar-refractivity contribution in [2.45, 2.75) is 19.5 Å². The van der Waals surface area contributed by atoms with Gasteiger partial charge in [-0.3, -0.25) is 4.79 Å². The lowest BCUT2D eigenvalue weighted by atomic mass is 10.0. The van der Waals surface area contributed by atoms with Crippen LogP contribution in [0.4, 0.5) is 8.78 Å². The van der Waals surface area contributed by atoms with Crippen LogP contribution < -0.4 is 4.74 Å². The minimum Gasteiger partial charge on any atom is -0.478 e. The second kappa shape index (κ2) is 10.6. The highest BCUT2D eigenvalue weighted by atomic mass is 19.3. The molecule has 2 aromatic rings. The Balaban J connectivity index is 2.05. The standard InChI is InChI=1S/C21H22F2O6/c1-2-11-27-12-13-28-14-21(22,23)29-18-6-4-3-5-17(18)19(24)15-7-9-16(10-8-15)20(25)26/h3-10H,2,11-14H2,1H3,(H,25,26). The first-order valence-corrected chi connectivity index (χ1v) is 9.03. The summed E-state index contributed by atoms with van der Waals surface area (Å²) < 4.78 is 43.0. The van der Waals surface area contributed by atoms with E-state index in [9.17, 15) is 18.4 Å². The molecule has 8 heteroatoms. The fraction of sp³-hybridized carbons (Fsp3) is 0.333. The van der Waals surface area contributed by atoms with Gasteiger partial charge in [-0.1, -0.05) is 31.2 Å². The third-order valence-electron chi connectivity index (χ3n) is 3.78. The number of carbonyl (C=O) groups is 2. The van der Waals surface area contributed by atoms with Gasteiger partial charge in [-0.2, -0.15) is 8.78 Å². The molecule has 0 bridgehead atoms. The van der Waals surface area contributed by atoms with Crippen molar-refractivity contribution in [1.29, 1.82) is 0 Å². The van der Waals surface area contributed by atoms with Crippen molar-refractivity contribution in [1.82, 2.24) is 0 Å². The summed E-state index contributed by atoms with van der Waals surface area (Å²) >= 11 is 0. The van der Waals surface area contributed by atoms with E-state index in [-0.39, 0.29) is 35.7 Å². The van der Waals surface area contributed by atoms with Gasteiger partial charge in [0.2, 0.25) is 0 Å². The monoisotopic (exact) mass is 408 g/mol. The molecule has 0 spiro atoms. The molecule has 0 heterocycles. The van der Waals surface area contributed by atoms with Gasteiger partial charge in [0.25, 0.3) is 0 Å². The van der Waals surface area contributed by atoms with Gasteiger partial charge >= 0.3 is 12.1 Å². The lowest BCUT2D eigenvalue weighted by Crippen LogP contribution is -2.32. The van der Waals surface area contributed by atoms with E-state index in [1.54, 1.807) is 0 Å². The van der Waals surface area contributed by atoms with Crippen molar-refractivity contribution in [2.75, 3.05) is 26.4 Å². The second-order valence-electron chi connectivity index (χ2n) is 6.11. The van der Waals surface area contributed by atoms with Crippen LogP contribution >= 0.6 is 0 Å².